The monoisotopic (exact) mass is 350 g/mol. The number of unbranched alkanes of at least 4 members (excludes halogenated alkanes) is 1. The van der Waals surface area contributed by atoms with Crippen LogP contribution in [0.1, 0.15) is 57.3 Å². The van der Waals surface area contributed by atoms with E-state index in [2.05, 4.69) is 19.1 Å². The average Bonchev–Trinajstić information content (AvgIpc) is 2.65. The summed E-state index contributed by atoms with van der Waals surface area (Å²) in [7, 11) is 0. The van der Waals surface area contributed by atoms with E-state index in [1.807, 2.05) is 0 Å². The van der Waals surface area contributed by atoms with Gasteiger partial charge in [-0.05, 0) is 56.1 Å². The van der Waals surface area contributed by atoms with E-state index < -0.39 is 17.9 Å². The second kappa shape index (κ2) is 8.91. The number of benzene rings is 1. The third kappa shape index (κ3) is 4.89. The molecule has 0 unspecified atom stereocenters. The Morgan fingerprint density at radius 2 is 1.72 bits per heavy atom. The topological polar surface area (TPSA) is 18.5 Å². The molecule has 1 saturated heterocycles. The standard InChI is InChI=1S/C21H28F2O2/c1-2-3-4-5-15-6-8-16(9-7-15)18-13-24-21(25-14-18)17-10-11-19(22)20(23)12-17/h4-5,10-12,15-16,18,21H,2-3,6-9,13-14H2,1H3/t15-,16-,18-,21-. The zero-order valence-corrected chi connectivity index (χ0v) is 14.9. The molecule has 0 atom stereocenters. The number of rotatable bonds is 5. The molecule has 0 aromatic heterocycles. The molecule has 0 spiro atoms. The van der Waals surface area contributed by atoms with Crippen LogP contribution < -0.4 is 0 Å². The van der Waals surface area contributed by atoms with Crippen LogP contribution in [0.3, 0.4) is 0 Å². The van der Waals surface area contributed by atoms with Gasteiger partial charge in [0.1, 0.15) is 0 Å². The summed E-state index contributed by atoms with van der Waals surface area (Å²) in [5.74, 6) is 0.0652. The maximum absolute atomic E-state index is 13.4. The fourth-order valence-corrected chi connectivity index (χ4v) is 3.91. The average molecular weight is 350 g/mol. The van der Waals surface area contributed by atoms with Gasteiger partial charge in [-0.3, -0.25) is 0 Å². The minimum Gasteiger partial charge on any atom is -0.348 e. The summed E-state index contributed by atoms with van der Waals surface area (Å²) >= 11 is 0. The van der Waals surface area contributed by atoms with Crippen LogP contribution in [0, 0.1) is 29.4 Å². The minimum atomic E-state index is -0.860. The Morgan fingerprint density at radius 3 is 2.36 bits per heavy atom. The molecule has 1 aromatic rings. The highest BCUT2D eigenvalue weighted by molar-refractivity contribution is 5.19. The number of hydrogen-bond acceptors (Lipinski definition) is 2. The Bertz CT molecular complexity index is 571. The van der Waals surface area contributed by atoms with E-state index in [4.69, 9.17) is 9.47 Å². The van der Waals surface area contributed by atoms with Crippen LogP contribution in [-0.2, 0) is 9.47 Å². The van der Waals surface area contributed by atoms with E-state index in [-0.39, 0.29) is 0 Å². The van der Waals surface area contributed by atoms with Gasteiger partial charge in [-0.25, -0.2) is 8.78 Å². The molecule has 4 heteroatoms. The number of hydrogen-bond donors (Lipinski definition) is 0. The zero-order valence-electron chi connectivity index (χ0n) is 14.9. The Kier molecular flexibility index (Phi) is 6.60. The van der Waals surface area contributed by atoms with Gasteiger partial charge in [-0.2, -0.15) is 0 Å². The quantitative estimate of drug-likeness (QED) is 0.626. The van der Waals surface area contributed by atoms with Gasteiger partial charge in [0.25, 0.3) is 0 Å². The summed E-state index contributed by atoms with van der Waals surface area (Å²) < 4.78 is 38.0. The van der Waals surface area contributed by atoms with Gasteiger partial charge in [-0.1, -0.05) is 31.6 Å². The zero-order chi connectivity index (χ0) is 17.6. The van der Waals surface area contributed by atoms with Gasteiger partial charge in [0, 0.05) is 11.5 Å². The predicted octanol–water partition coefficient (Wildman–Crippen LogP) is 5.79. The first kappa shape index (κ1) is 18.5. The van der Waals surface area contributed by atoms with Gasteiger partial charge >= 0.3 is 0 Å². The Balaban J connectivity index is 1.46. The van der Waals surface area contributed by atoms with E-state index in [1.54, 1.807) is 0 Å². The summed E-state index contributed by atoms with van der Waals surface area (Å²) in [6.45, 7) is 3.47. The molecule has 0 amide bonds. The van der Waals surface area contributed by atoms with Crippen molar-refractivity contribution in [1.82, 2.24) is 0 Å². The van der Waals surface area contributed by atoms with Crippen LogP contribution in [0.25, 0.3) is 0 Å². The van der Waals surface area contributed by atoms with Crippen molar-refractivity contribution in [3.8, 4) is 0 Å². The van der Waals surface area contributed by atoms with Crippen molar-refractivity contribution in [2.45, 2.75) is 51.7 Å². The number of allylic oxidation sites excluding steroid dienone is 2. The van der Waals surface area contributed by atoms with Crippen molar-refractivity contribution in [2.75, 3.05) is 13.2 Å². The molecule has 0 N–H and O–H groups in total. The first-order chi connectivity index (χ1) is 12.2. The van der Waals surface area contributed by atoms with Gasteiger partial charge < -0.3 is 9.47 Å². The molecule has 0 radical (unpaired) electrons. The lowest BCUT2D eigenvalue weighted by atomic mass is 9.76. The molecular weight excluding hydrogens is 322 g/mol. The summed E-state index contributed by atoms with van der Waals surface area (Å²) in [4.78, 5) is 0. The SMILES string of the molecule is CCCC=C[C@H]1CC[C@H]([C@H]2CO[C@H](c3ccc(F)c(F)c3)OC2)CC1. The Hall–Kier alpha value is -1.26. The molecule has 0 bridgehead atoms. The predicted molar refractivity (Wildman–Crippen MR) is 94.0 cm³/mol. The molecule has 1 aromatic carbocycles. The van der Waals surface area contributed by atoms with Crippen LogP contribution in [0.15, 0.2) is 30.4 Å². The van der Waals surface area contributed by atoms with Crippen molar-refractivity contribution in [2.24, 2.45) is 17.8 Å². The van der Waals surface area contributed by atoms with Crippen LogP contribution >= 0.6 is 0 Å². The van der Waals surface area contributed by atoms with Crippen LogP contribution in [-0.4, -0.2) is 13.2 Å². The smallest absolute Gasteiger partial charge is 0.183 e. The molecule has 2 aliphatic rings. The Morgan fingerprint density at radius 1 is 1.00 bits per heavy atom. The van der Waals surface area contributed by atoms with Gasteiger partial charge in [0.05, 0.1) is 13.2 Å². The first-order valence-corrected chi connectivity index (χ1v) is 9.52. The lowest BCUT2D eigenvalue weighted by Crippen LogP contribution is -2.34. The van der Waals surface area contributed by atoms with E-state index in [1.165, 1.54) is 44.6 Å². The summed E-state index contributed by atoms with van der Waals surface area (Å²) in [6, 6.07) is 3.81. The summed E-state index contributed by atoms with van der Waals surface area (Å²) in [6.07, 6.45) is 11.4. The maximum atomic E-state index is 13.4. The first-order valence-electron chi connectivity index (χ1n) is 9.52. The number of ether oxygens (including phenoxy) is 2. The third-order valence-electron chi connectivity index (χ3n) is 5.49. The van der Waals surface area contributed by atoms with Gasteiger partial charge in [0.2, 0.25) is 0 Å². The van der Waals surface area contributed by atoms with Crippen LogP contribution in [0.2, 0.25) is 0 Å². The molecule has 2 nitrogen and oxygen atoms in total. The van der Waals surface area contributed by atoms with Crippen molar-refractivity contribution in [3.63, 3.8) is 0 Å². The van der Waals surface area contributed by atoms with E-state index >= 15 is 0 Å². The molecule has 25 heavy (non-hydrogen) atoms. The summed E-state index contributed by atoms with van der Waals surface area (Å²) in [5.41, 5.74) is 0.544. The molecule has 2 fully saturated rings. The second-order valence-corrected chi connectivity index (χ2v) is 7.32. The second-order valence-electron chi connectivity index (χ2n) is 7.32. The van der Waals surface area contributed by atoms with Gasteiger partial charge in [-0.15, -0.1) is 0 Å². The molecule has 1 aliphatic heterocycles. The van der Waals surface area contributed by atoms with E-state index in [0.717, 1.165) is 18.1 Å². The summed E-state index contributed by atoms with van der Waals surface area (Å²) in [5, 5.41) is 0. The maximum Gasteiger partial charge on any atom is 0.183 e. The largest absolute Gasteiger partial charge is 0.348 e. The highest BCUT2D eigenvalue weighted by atomic mass is 19.2. The lowest BCUT2D eigenvalue weighted by Gasteiger charge is -2.37. The van der Waals surface area contributed by atoms with Crippen molar-refractivity contribution < 1.29 is 18.3 Å². The third-order valence-corrected chi connectivity index (χ3v) is 5.49. The van der Waals surface area contributed by atoms with E-state index in [9.17, 15) is 8.78 Å². The van der Waals surface area contributed by atoms with Gasteiger partial charge in [0.15, 0.2) is 17.9 Å². The molecule has 1 heterocycles. The minimum absolute atomic E-state index is 0.405. The Labute approximate surface area is 149 Å². The van der Waals surface area contributed by atoms with Crippen molar-refractivity contribution >= 4 is 0 Å². The fourth-order valence-electron chi connectivity index (χ4n) is 3.91. The van der Waals surface area contributed by atoms with Crippen molar-refractivity contribution in [3.05, 3.63) is 47.5 Å². The van der Waals surface area contributed by atoms with E-state index in [0.29, 0.717) is 30.6 Å². The fraction of sp³-hybridized carbons (Fsp3) is 0.619. The highest BCUT2D eigenvalue weighted by Crippen LogP contribution is 2.37. The lowest BCUT2D eigenvalue weighted by molar-refractivity contribution is -0.214. The number of halogens is 2. The molecule has 3 rings (SSSR count). The normalized spacial score (nSPS) is 30.7. The molecular formula is C21H28F2O2. The molecule has 138 valence electrons. The van der Waals surface area contributed by atoms with Crippen LogP contribution in [0.5, 0.6) is 0 Å². The van der Waals surface area contributed by atoms with Crippen LogP contribution in [0.4, 0.5) is 8.78 Å². The molecule has 1 saturated carbocycles. The molecule has 1 aliphatic carbocycles. The van der Waals surface area contributed by atoms with Crippen molar-refractivity contribution in [1.29, 1.82) is 0 Å². The highest BCUT2D eigenvalue weighted by Gasteiger charge is 2.32.